The van der Waals surface area contributed by atoms with Gasteiger partial charge in [0, 0.05) is 11.3 Å². The normalized spacial score (nSPS) is 10.2. The Morgan fingerprint density at radius 2 is 1.35 bits per heavy atom. The average molecular weight is 420 g/mol. The van der Waals surface area contributed by atoms with Gasteiger partial charge in [0.15, 0.2) is 0 Å². The van der Waals surface area contributed by atoms with Gasteiger partial charge in [-0.05, 0) is 60.2 Å². The minimum Gasteiger partial charge on any atom is -0.497 e. The molecule has 2 N–H and O–H groups in total. The lowest BCUT2D eigenvalue weighted by Gasteiger charge is -2.13. The van der Waals surface area contributed by atoms with E-state index < -0.39 is 0 Å². The van der Waals surface area contributed by atoms with Crippen LogP contribution in [0.5, 0.6) is 17.2 Å². The molecule has 0 heterocycles. The number of nitrogens with one attached hydrogen (secondary N) is 2. The number of anilines is 2. The van der Waals surface area contributed by atoms with E-state index in [1.54, 1.807) is 56.7 Å². The van der Waals surface area contributed by atoms with Gasteiger partial charge in [-0.1, -0.05) is 12.1 Å². The maximum absolute atomic E-state index is 12.6. The van der Waals surface area contributed by atoms with Crippen molar-refractivity contribution in [2.24, 2.45) is 0 Å². The average Bonchev–Trinajstić information content (AvgIpc) is 2.79. The van der Waals surface area contributed by atoms with Crippen LogP contribution in [0.15, 0.2) is 66.7 Å². The summed E-state index contributed by atoms with van der Waals surface area (Å²) in [7, 11) is 4.67. The van der Waals surface area contributed by atoms with Crippen LogP contribution in [0.25, 0.3) is 0 Å². The van der Waals surface area contributed by atoms with Gasteiger partial charge in [-0.3, -0.25) is 9.59 Å². The van der Waals surface area contributed by atoms with Crippen LogP contribution in [-0.2, 0) is 11.2 Å². The van der Waals surface area contributed by atoms with E-state index in [0.29, 0.717) is 28.4 Å². The van der Waals surface area contributed by atoms with E-state index in [9.17, 15) is 9.59 Å². The lowest BCUT2D eigenvalue weighted by molar-refractivity contribution is -0.115. The first-order valence-corrected chi connectivity index (χ1v) is 9.58. The van der Waals surface area contributed by atoms with E-state index in [1.807, 2.05) is 24.3 Å². The Morgan fingerprint density at radius 1 is 0.742 bits per heavy atom. The number of rotatable bonds is 8. The summed E-state index contributed by atoms with van der Waals surface area (Å²) in [4.78, 5) is 25.0. The van der Waals surface area contributed by atoms with E-state index in [4.69, 9.17) is 14.2 Å². The number of benzene rings is 3. The molecule has 0 saturated carbocycles. The van der Waals surface area contributed by atoms with Crippen LogP contribution in [0.3, 0.4) is 0 Å². The van der Waals surface area contributed by atoms with Crippen molar-refractivity contribution in [2.75, 3.05) is 32.0 Å². The highest BCUT2D eigenvalue weighted by Gasteiger charge is 2.12. The largest absolute Gasteiger partial charge is 0.497 e. The summed E-state index contributed by atoms with van der Waals surface area (Å²) in [6.45, 7) is 0. The second-order valence-corrected chi connectivity index (χ2v) is 6.67. The lowest BCUT2D eigenvalue weighted by Crippen LogP contribution is -2.16. The third-order valence-electron chi connectivity index (χ3n) is 4.61. The molecule has 160 valence electrons. The van der Waals surface area contributed by atoms with Gasteiger partial charge in [0.2, 0.25) is 5.91 Å². The fourth-order valence-electron chi connectivity index (χ4n) is 2.95. The molecule has 0 radical (unpaired) electrons. The van der Waals surface area contributed by atoms with Crippen LogP contribution in [0.2, 0.25) is 0 Å². The number of ether oxygens (including phenoxy) is 3. The SMILES string of the molecule is COc1ccc(CC(=O)Nc2ccc(OC)c(NC(=O)c3ccc(OC)cc3)c2)cc1. The summed E-state index contributed by atoms with van der Waals surface area (Å²) in [5.74, 6) is 1.40. The quantitative estimate of drug-likeness (QED) is 0.572. The Balaban J connectivity index is 1.70. The topological polar surface area (TPSA) is 85.9 Å². The molecule has 0 saturated heterocycles. The molecule has 3 aromatic rings. The maximum Gasteiger partial charge on any atom is 0.255 e. The summed E-state index contributed by atoms with van der Waals surface area (Å²) in [6.07, 6.45) is 0.212. The third-order valence-corrected chi connectivity index (χ3v) is 4.61. The molecule has 7 nitrogen and oxygen atoms in total. The maximum atomic E-state index is 12.6. The highest BCUT2D eigenvalue weighted by Crippen LogP contribution is 2.28. The number of carbonyl (C=O) groups excluding carboxylic acids is 2. The molecular weight excluding hydrogens is 396 g/mol. The monoisotopic (exact) mass is 420 g/mol. The smallest absolute Gasteiger partial charge is 0.255 e. The van der Waals surface area contributed by atoms with Crippen molar-refractivity contribution in [3.05, 3.63) is 77.9 Å². The van der Waals surface area contributed by atoms with Crippen molar-refractivity contribution >= 4 is 23.2 Å². The molecule has 0 fully saturated rings. The first-order valence-electron chi connectivity index (χ1n) is 9.58. The minimum atomic E-state index is -0.303. The van der Waals surface area contributed by atoms with Crippen LogP contribution in [-0.4, -0.2) is 33.1 Å². The zero-order valence-corrected chi connectivity index (χ0v) is 17.6. The van der Waals surface area contributed by atoms with Crippen molar-refractivity contribution in [3.63, 3.8) is 0 Å². The highest BCUT2D eigenvalue weighted by molar-refractivity contribution is 6.05. The highest BCUT2D eigenvalue weighted by atomic mass is 16.5. The molecule has 0 aliphatic heterocycles. The second-order valence-electron chi connectivity index (χ2n) is 6.67. The first kappa shape index (κ1) is 21.7. The Hall–Kier alpha value is -4.00. The van der Waals surface area contributed by atoms with Gasteiger partial charge in [-0.15, -0.1) is 0 Å². The number of hydrogen-bond acceptors (Lipinski definition) is 5. The van der Waals surface area contributed by atoms with Crippen LogP contribution in [0.4, 0.5) is 11.4 Å². The Labute approximate surface area is 180 Å². The Morgan fingerprint density at radius 3 is 1.94 bits per heavy atom. The van der Waals surface area contributed by atoms with Crippen molar-refractivity contribution in [1.82, 2.24) is 0 Å². The summed E-state index contributed by atoms with van der Waals surface area (Å²) >= 11 is 0. The van der Waals surface area contributed by atoms with Gasteiger partial charge in [0.25, 0.3) is 5.91 Å². The zero-order chi connectivity index (χ0) is 22.2. The van der Waals surface area contributed by atoms with Crippen molar-refractivity contribution in [3.8, 4) is 17.2 Å². The standard InChI is InChI=1S/C24H24N2O5/c1-29-19-9-4-16(5-10-19)14-23(27)25-18-8-13-22(31-3)21(15-18)26-24(28)17-6-11-20(30-2)12-7-17/h4-13,15H,14H2,1-3H3,(H,25,27)(H,26,28). The van der Waals surface area contributed by atoms with Crippen LogP contribution in [0.1, 0.15) is 15.9 Å². The van der Waals surface area contributed by atoms with E-state index in [-0.39, 0.29) is 18.2 Å². The second kappa shape index (κ2) is 10.2. The Kier molecular flexibility index (Phi) is 7.11. The van der Waals surface area contributed by atoms with Crippen molar-refractivity contribution in [2.45, 2.75) is 6.42 Å². The van der Waals surface area contributed by atoms with E-state index in [1.165, 1.54) is 7.11 Å². The number of amides is 2. The Bertz CT molecular complexity index is 1050. The molecule has 0 aromatic heterocycles. The lowest BCUT2D eigenvalue weighted by atomic mass is 10.1. The predicted octanol–water partition coefficient (Wildman–Crippen LogP) is 4.15. The van der Waals surface area contributed by atoms with Gasteiger partial charge in [0.05, 0.1) is 33.4 Å². The number of methoxy groups -OCH3 is 3. The fraction of sp³-hybridized carbons (Fsp3) is 0.167. The molecule has 2 amide bonds. The van der Waals surface area contributed by atoms with Crippen molar-refractivity contribution < 1.29 is 23.8 Å². The number of hydrogen-bond donors (Lipinski definition) is 2. The molecular formula is C24H24N2O5. The van der Waals surface area contributed by atoms with Crippen LogP contribution >= 0.6 is 0 Å². The van der Waals surface area contributed by atoms with Gasteiger partial charge in [0.1, 0.15) is 17.2 Å². The summed E-state index contributed by atoms with van der Waals surface area (Å²) in [6, 6.07) is 19.1. The van der Waals surface area contributed by atoms with Gasteiger partial charge < -0.3 is 24.8 Å². The summed E-state index contributed by atoms with van der Waals surface area (Å²) in [5, 5.41) is 5.67. The van der Waals surface area contributed by atoms with Crippen LogP contribution < -0.4 is 24.8 Å². The minimum absolute atomic E-state index is 0.178. The van der Waals surface area contributed by atoms with Gasteiger partial charge >= 0.3 is 0 Å². The van der Waals surface area contributed by atoms with E-state index in [0.717, 1.165) is 11.3 Å². The molecule has 0 bridgehead atoms. The van der Waals surface area contributed by atoms with Crippen molar-refractivity contribution in [1.29, 1.82) is 0 Å². The van der Waals surface area contributed by atoms with Gasteiger partial charge in [-0.2, -0.15) is 0 Å². The molecule has 0 aliphatic rings. The predicted molar refractivity (Wildman–Crippen MR) is 119 cm³/mol. The summed E-state index contributed by atoms with van der Waals surface area (Å²) in [5.41, 5.74) is 2.33. The van der Waals surface area contributed by atoms with Gasteiger partial charge in [-0.25, -0.2) is 0 Å². The molecule has 0 unspecified atom stereocenters. The molecule has 0 aliphatic carbocycles. The third kappa shape index (κ3) is 5.76. The molecule has 3 rings (SSSR count). The summed E-state index contributed by atoms with van der Waals surface area (Å²) < 4.78 is 15.6. The molecule has 0 spiro atoms. The number of carbonyl (C=O) groups is 2. The fourth-order valence-corrected chi connectivity index (χ4v) is 2.95. The van der Waals surface area contributed by atoms with Crippen LogP contribution in [0, 0.1) is 0 Å². The molecule has 0 atom stereocenters. The van der Waals surface area contributed by atoms with E-state index in [2.05, 4.69) is 10.6 Å². The molecule has 31 heavy (non-hydrogen) atoms. The molecule has 7 heteroatoms. The molecule has 3 aromatic carbocycles. The first-order chi connectivity index (χ1) is 15.0. The zero-order valence-electron chi connectivity index (χ0n) is 17.6. The van der Waals surface area contributed by atoms with E-state index >= 15 is 0 Å².